The van der Waals surface area contributed by atoms with Gasteiger partial charge in [0.15, 0.2) is 0 Å². The largest absolute Gasteiger partial charge is 0.464 e. The first-order valence-corrected chi connectivity index (χ1v) is 7.83. The summed E-state index contributed by atoms with van der Waals surface area (Å²) in [6.07, 6.45) is 1.08. The Hall–Kier alpha value is -1.79. The molecule has 112 valence electrons. The van der Waals surface area contributed by atoms with Gasteiger partial charge in [0, 0.05) is 6.07 Å². The lowest BCUT2D eigenvalue weighted by Crippen LogP contribution is -2.12. The third kappa shape index (κ3) is 4.61. The zero-order valence-electron chi connectivity index (χ0n) is 11.9. The highest BCUT2D eigenvalue weighted by Gasteiger charge is 2.13. The predicted molar refractivity (Wildman–Crippen MR) is 83.4 cm³/mol. The van der Waals surface area contributed by atoms with Crippen LogP contribution in [0.25, 0.3) is 0 Å². The molecule has 6 heteroatoms. The van der Waals surface area contributed by atoms with Crippen molar-refractivity contribution in [3.63, 3.8) is 0 Å². The number of thioether (sulfide) groups is 1. The summed E-state index contributed by atoms with van der Waals surface area (Å²) in [6.45, 7) is 3.79. The van der Waals surface area contributed by atoms with E-state index in [-0.39, 0.29) is 10.6 Å². The molecule has 0 atom stereocenters. The molecule has 21 heavy (non-hydrogen) atoms. The normalized spacial score (nSPS) is 10.7. The Labute approximate surface area is 127 Å². The lowest BCUT2D eigenvalue weighted by atomic mass is 10.3. The molecule has 2 aromatic rings. The van der Waals surface area contributed by atoms with Crippen molar-refractivity contribution in [2.24, 2.45) is 0 Å². The summed E-state index contributed by atoms with van der Waals surface area (Å²) in [5.41, 5.74) is 0.138. The van der Waals surface area contributed by atoms with Gasteiger partial charge >= 0.3 is 0 Å². The zero-order valence-corrected chi connectivity index (χ0v) is 12.7. The van der Waals surface area contributed by atoms with E-state index in [9.17, 15) is 10.1 Å². The van der Waals surface area contributed by atoms with Gasteiger partial charge in [-0.25, -0.2) is 0 Å². The van der Waals surface area contributed by atoms with Crippen LogP contribution < -0.4 is 5.32 Å². The van der Waals surface area contributed by atoms with Gasteiger partial charge in [-0.05, 0) is 31.2 Å². The van der Waals surface area contributed by atoms with Crippen molar-refractivity contribution in [3.8, 4) is 0 Å². The fraction of sp³-hybridized carbons (Fsp3) is 0.333. The van der Waals surface area contributed by atoms with Crippen molar-refractivity contribution in [1.82, 2.24) is 5.32 Å². The van der Waals surface area contributed by atoms with Crippen LogP contribution in [0.3, 0.4) is 0 Å². The molecule has 1 aromatic heterocycles. The molecule has 2 rings (SSSR count). The van der Waals surface area contributed by atoms with Crippen LogP contribution in [0.1, 0.15) is 24.9 Å². The van der Waals surface area contributed by atoms with Crippen molar-refractivity contribution >= 4 is 17.4 Å². The molecule has 0 bridgehead atoms. The molecule has 0 spiro atoms. The Morgan fingerprint density at radius 2 is 2.00 bits per heavy atom. The first-order chi connectivity index (χ1) is 10.2. The van der Waals surface area contributed by atoms with Gasteiger partial charge in [-0.1, -0.05) is 19.1 Å². The monoisotopic (exact) mass is 306 g/mol. The van der Waals surface area contributed by atoms with Crippen molar-refractivity contribution < 1.29 is 9.34 Å². The maximum atomic E-state index is 10.9. The highest BCUT2D eigenvalue weighted by atomic mass is 32.2. The minimum absolute atomic E-state index is 0.138. The minimum Gasteiger partial charge on any atom is -0.464 e. The van der Waals surface area contributed by atoms with Gasteiger partial charge in [0.25, 0.3) is 5.69 Å². The van der Waals surface area contributed by atoms with E-state index in [0.717, 1.165) is 24.5 Å². The molecule has 5 nitrogen and oxygen atoms in total. The Morgan fingerprint density at radius 3 is 2.76 bits per heavy atom. The van der Waals surface area contributed by atoms with Crippen LogP contribution in [0, 0.1) is 10.1 Å². The maximum Gasteiger partial charge on any atom is 0.282 e. The molecule has 0 aliphatic heterocycles. The van der Waals surface area contributed by atoms with Crippen molar-refractivity contribution in [2.75, 3.05) is 6.54 Å². The van der Waals surface area contributed by atoms with Gasteiger partial charge in [0.05, 0.1) is 22.1 Å². The molecular weight excluding hydrogens is 288 g/mol. The van der Waals surface area contributed by atoms with Gasteiger partial charge in [0.1, 0.15) is 11.5 Å². The lowest BCUT2D eigenvalue weighted by molar-refractivity contribution is -0.387. The number of hydrogen-bond donors (Lipinski definition) is 1. The minimum atomic E-state index is -0.357. The summed E-state index contributed by atoms with van der Waals surface area (Å²) in [6, 6.07) is 10.6. The van der Waals surface area contributed by atoms with Crippen molar-refractivity contribution in [3.05, 3.63) is 58.0 Å². The van der Waals surface area contributed by atoms with Crippen molar-refractivity contribution in [2.45, 2.75) is 30.5 Å². The molecule has 0 unspecified atom stereocenters. The molecule has 0 amide bonds. The molecular formula is C15H18N2O3S. The Bertz CT molecular complexity index is 598. The fourth-order valence-corrected chi connectivity index (χ4v) is 2.78. The van der Waals surface area contributed by atoms with Crippen LogP contribution in [0.2, 0.25) is 0 Å². The first kappa shape index (κ1) is 15.6. The average molecular weight is 306 g/mol. The van der Waals surface area contributed by atoms with Crippen LogP contribution in [-0.4, -0.2) is 11.5 Å². The van der Waals surface area contributed by atoms with Crippen molar-refractivity contribution in [1.29, 1.82) is 0 Å². The molecule has 0 fully saturated rings. The Balaban J connectivity index is 1.93. The summed E-state index contributed by atoms with van der Waals surface area (Å²) >= 11 is 1.41. The third-order valence-electron chi connectivity index (χ3n) is 2.88. The lowest BCUT2D eigenvalue weighted by Gasteiger charge is -2.01. The topological polar surface area (TPSA) is 68.3 Å². The van der Waals surface area contributed by atoms with Crippen LogP contribution in [0.15, 0.2) is 45.7 Å². The van der Waals surface area contributed by atoms with E-state index in [1.165, 1.54) is 17.8 Å². The molecule has 0 saturated carbocycles. The molecule has 0 aliphatic rings. The maximum absolute atomic E-state index is 10.9. The number of nitrogens with one attached hydrogen (secondary N) is 1. The highest BCUT2D eigenvalue weighted by molar-refractivity contribution is 7.98. The fourth-order valence-electron chi connectivity index (χ4n) is 1.86. The summed E-state index contributed by atoms with van der Waals surface area (Å²) < 4.78 is 5.70. The highest BCUT2D eigenvalue weighted by Crippen LogP contribution is 2.31. The first-order valence-electron chi connectivity index (χ1n) is 6.85. The summed E-state index contributed by atoms with van der Waals surface area (Å²) in [5, 5.41) is 14.2. The zero-order chi connectivity index (χ0) is 15.1. The summed E-state index contributed by atoms with van der Waals surface area (Å²) in [5.74, 6) is 2.30. The Kier molecular flexibility index (Phi) is 5.83. The van der Waals surface area contributed by atoms with Gasteiger partial charge in [0.2, 0.25) is 0 Å². The van der Waals surface area contributed by atoms with E-state index in [1.54, 1.807) is 18.2 Å². The SMILES string of the molecule is CCCNCc1ccc(CSc2ccccc2[N+](=O)[O-])o1. The van der Waals surface area contributed by atoms with Gasteiger partial charge in [-0.15, -0.1) is 11.8 Å². The number of para-hydroxylation sites is 1. The van der Waals surface area contributed by atoms with E-state index in [2.05, 4.69) is 12.2 Å². The number of nitro groups is 1. The average Bonchev–Trinajstić information content (AvgIpc) is 2.93. The van der Waals surface area contributed by atoms with E-state index >= 15 is 0 Å². The summed E-state index contributed by atoms with van der Waals surface area (Å²) in [4.78, 5) is 11.2. The second-order valence-electron chi connectivity index (χ2n) is 4.56. The van der Waals surface area contributed by atoms with Gasteiger partial charge in [-0.3, -0.25) is 10.1 Å². The number of benzene rings is 1. The molecule has 1 N–H and O–H groups in total. The third-order valence-corrected chi connectivity index (χ3v) is 3.96. The van der Waals surface area contributed by atoms with E-state index in [4.69, 9.17) is 4.42 Å². The van der Waals surface area contributed by atoms with Gasteiger partial charge in [-0.2, -0.15) is 0 Å². The standard InChI is InChI=1S/C15H18N2O3S/c1-2-9-16-10-12-7-8-13(20-12)11-21-15-6-4-3-5-14(15)17(18)19/h3-8,16H,2,9-11H2,1H3. The molecule has 1 heterocycles. The van der Waals surface area contributed by atoms with Crippen LogP contribution in [0.5, 0.6) is 0 Å². The van der Waals surface area contributed by atoms with E-state index in [1.807, 2.05) is 12.1 Å². The second-order valence-corrected chi connectivity index (χ2v) is 5.58. The van der Waals surface area contributed by atoms with Crippen LogP contribution in [-0.2, 0) is 12.3 Å². The van der Waals surface area contributed by atoms with E-state index in [0.29, 0.717) is 17.2 Å². The quantitative estimate of drug-likeness (QED) is 0.346. The number of rotatable bonds is 8. The molecule has 0 radical (unpaired) electrons. The number of furan rings is 1. The van der Waals surface area contributed by atoms with Gasteiger partial charge < -0.3 is 9.73 Å². The molecule has 0 saturated heterocycles. The van der Waals surface area contributed by atoms with Crippen LogP contribution in [0.4, 0.5) is 5.69 Å². The predicted octanol–water partition coefficient (Wildman–Crippen LogP) is 3.98. The molecule has 1 aromatic carbocycles. The van der Waals surface area contributed by atoms with Crippen LogP contribution >= 0.6 is 11.8 Å². The number of nitrogens with zero attached hydrogens (tertiary/aromatic N) is 1. The number of nitro benzene ring substituents is 1. The summed E-state index contributed by atoms with van der Waals surface area (Å²) in [7, 11) is 0. The number of hydrogen-bond acceptors (Lipinski definition) is 5. The smallest absolute Gasteiger partial charge is 0.282 e. The second kappa shape index (κ2) is 7.85. The Morgan fingerprint density at radius 1 is 1.24 bits per heavy atom. The van der Waals surface area contributed by atoms with E-state index < -0.39 is 0 Å². The molecule has 0 aliphatic carbocycles.